The van der Waals surface area contributed by atoms with Gasteiger partial charge in [-0.1, -0.05) is 24.3 Å². The van der Waals surface area contributed by atoms with E-state index >= 15 is 0 Å². The highest BCUT2D eigenvalue weighted by Crippen LogP contribution is 2.41. The topological polar surface area (TPSA) is 71.8 Å². The fourth-order valence-corrected chi connectivity index (χ4v) is 4.15. The van der Waals surface area contributed by atoms with Gasteiger partial charge in [0.2, 0.25) is 5.88 Å². The number of methoxy groups -OCH3 is 2. The Morgan fingerprint density at radius 2 is 2.06 bits per heavy atom. The van der Waals surface area contributed by atoms with Gasteiger partial charge in [-0.2, -0.15) is 13.2 Å². The number of carbonyl (C=O) groups is 1. The molecule has 3 rings (SSSR count). The summed E-state index contributed by atoms with van der Waals surface area (Å²) in [6.45, 7) is 0.487. The summed E-state index contributed by atoms with van der Waals surface area (Å²) in [5.41, 5.74) is -0.0257. The first kappa shape index (κ1) is 25.1. The van der Waals surface area contributed by atoms with Crippen LogP contribution in [0, 0.1) is 0 Å². The van der Waals surface area contributed by atoms with Crippen molar-refractivity contribution in [3.63, 3.8) is 0 Å². The van der Waals surface area contributed by atoms with Gasteiger partial charge in [0, 0.05) is 6.61 Å². The van der Waals surface area contributed by atoms with Crippen LogP contribution in [0.4, 0.5) is 13.2 Å². The van der Waals surface area contributed by atoms with Gasteiger partial charge in [0.15, 0.2) is 5.56 Å². The molecule has 0 bridgehead atoms. The molecule has 11 heteroatoms. The lowest BCUT2D eigenvalue weighted by Crippen LogP contribution is -2.25. The summed E-state index contributed by atoms with van der Waals surface area (Å²) < 4.78 is 63.3. The second-order valence-corrected chi connectivity index (χ2v) is 8.10. The molecule has 1 unspecified atom stereocenters. The number of hydrogen-bond donors (Lipinski definition) is 0. The molecule has 0 spiro atoms. The van der Waals surface area contributed by atoms with Crippen molar-refractivity contribution >= 4 is 27.5 Å². The number of hydrogen-bond acceptors (Lipinski definition) is 6. The van der Waals surface area contributed by atoms with Crippen molar-refractivity contribution in [2.24, 2.45) is 0 Å². The number of aromatic nitrogens is 2. The molecule has 1 aromatic heterocycles. The second-order valence-electron chi connectivity index (χ2n) is 7.34. The van der Waals surface area contributed by atoms with Gasteiger partial charge in [-0.05, 0) is 46.3 Å². The molecule has 180 valence electrons. The smallest absolute Gasteiger partial charge is 0.424 e. The minimum Gasteiger partial charge on any atom is -0.503 e. The quantitative estimate of drug-likeness (QED) is 0.271. The van der Waals surface area contributed by atoms with Crippen LogP contribution in [0.25, 0.3) is 5.57 Å². The predicted octanol–water partition coefficient (Wildman–Crippen LogP) is 4.97. The minimum absolute atomic E-state index is 0.108. The van der Waals surface area contributed by atoms with Gasteiger partial charge in [0.05, 0.1) is 33.1 Å². The van der Waals surface area contributed by atoms with Crippen LogP contribution in [0.3, 0.4) is 0 Å². The Morgan fingerprint density at radius 1 is 1.30 bits per heavy atom. The minimum atomic E-state index is -4.69. The first-order valence-corrected chi connectivity index (χ1v) is 11.0. The number of halogens is 4. The average molecular weight is 533 g/mol. The summed E-state index contributed by atoms with van der Waals surface area (Å²) in [6, 6.07) is 6.63. The molecule has 0 aliphatic carbocycles. The first-order valence-electron chi connectivity index (χ1n) is 10.2. The normalized spacial score (nSPS) is 17.0. The van der Waals surface area contributed by atoms with Crippen LogP contribution in [0.1, 0.15) is 36.0 Å². The van der Waals surface area contributed by atoms with E-state index in [9.17, 15) is 18.0 Å². The molecular formula is C22H24BrF3N2O5. The number of esters is 1. The summed E-state index contributed by atoms with van der Waals surface area (Å²) in [7, 11) is 2.60. The number of nitrogens with zero attached hydrogens (tertiary/aromatic N) is 2. The Morgan fingerprint density at radius 3 is 2.70 bits per heavy atom. The van der Waals surface area contributed by atoms with E-state index in [1.807, 2.05) is 0 Å². The number of ether oxygens (including phenoxy) is 4. The number of benzene rings is 1. The first-order chi connectivity index (χ1) is 15.8. The van der Waals surface area contributed by atoms with Crippen LogP contribution in [0.2, 0.25) is 0 Å². The summed E-state index contributed by atoms with van der Waals surface area (Å²) in [4.78, 5) is 12.2. The molecule has 1 aromatic carbocycles. The van der Waals surface area contributed by atoms with Crippen molar-refractivity contribution in [3.8, 4) is 5.88 Å². The molecule has 0 amide bonds. The Labute approximate surface area is 197 Å². The highest BCUT2D eigenvalue weighted by atomic mass is 79.9. The van der Waals surface area contributed by atoms with Gasteiger partial charge in [0.25, 0.3) is 0 Å². The second kappa shape index (κ2) is 11.1. The van der Waals surface area contributed by atoms with Crippen LogP contribution in [-0.2, 0) is 38.3 Å². The standard InChI is InChI=1S/C22H24BrF3N2O5/c1-30-13-17(21(29)31-2)16-9-4-3-7-14(16)12-33-20-18(22(24,25)26)19(23)28(27-20)11-15-8-5-6-10-32-15/h3-4,7,9,13,15H,5-6,8,10-12H2,1-2H3/b17-13+. The van der Waals surface area contributed by atoms with Crippen LogP contribution in [-0.4, -0.2) is 42.7 Å². The van der Waals surface area contributed by atoms with Gasteiger partial charge in [-0.3, -0.25) is 4.68 Å². The zero-order valence-corrected chi connectivity index (χ0v) is 19.7. The Bertz CT molecular complexity index is 1000. The van der Waals surface area contributed by atoms with Gasteiger partial charge >= 0.3 is 12.1 Å². The van der Waals surface area contributed by atoms with Crippen LogP contribution in [0.15, 0.2) is 35.1 Å². The van der Waals surface area contributed by atoms with E-state index in [0.717, 1.165) is 19.3 Å². The summed E-state index contributed by atoms with van der Waals surface area (Å²) in [5.74, 6) is -1.21. The van der Waals surface area contributed by atoms with Gasteiger partial charge in [0.1, 0.15) is 16.8 Å². The van der Waals surface area contributed by atoms with E-state index in [1.54, 1.807) is 24.3 Å². The third kappa shape index (κ3) is 6.08. The van der Waals surface area contributed by atoms with Gasteiger partial charge in [-0.25, -0.2) is 4.79 Å². The monoisotopic (exact) mass is 532 g/mol. The van der Waals surface area contributed by atoms with Crippen molar-refractivity contribution in [3.05, 3.63) is 51.8 Å². The summed E-state index contributed by atoms with van der Waals surface area (Å²) >= 11 is 3.04. The molecular weight excluding hydrogens is 509 g/mol. The van der Waals surface area contributed by atoms with E-state index in [0.29, 0.717) is 17.7 Å². The van der Waals surface area contributed by atoms with Gasteiger partial charge < -0.3 is 18.9 Å². The van der Waals surface area contributed by atoms with E-state index in [4.69, 9.17) is 18.9 Å². The Hall–Kier alpha value is -2.53. The van der Waals surface area contributed by atoms with Crippen molar-refractivity contribution in [1.82, 2.24) is 9.78 Å². The van der Waals surface area contributed by atoms with Crippen molar-refractivity contribution in [2.75, 3.05) is 20.8 Å². The van der Waals surface area contributed by atoms with Crippen molar-refractivity contribution in [1.29, 1.82) is 0 Å². The SMILES string of the molecule is CO/C=C(/C(=O)OC)c1ccccc1COc1nn(CC2CCCCO2)c(Br)c1C(F)(F)F. The molecule has 0 radical (unpaired) electrons. The fraction of sp³-hybridized carbons (Fsp3) is 0.455. The molecule has 1 aliphatic heterocycles. The Kier molecular flexibility index (Phi) is 8.41. The molecule has 1 atom stereocenters. The fourth-order valence-electron chi connectivity index (χ4n) is 3.53. The van der Waals surface area contributed by atoms with Crippen molar-refractivity contribution < 1.29 is 36.9 Å². The predicted molar refractivity (Wildman–Crippen MR) is 116 cm³/mol. The third-order valence-corrected chi connectivity index (χ3v) is 5.91. The largest absolute Gasteiger partial charge is 0.503 e. The van der Waals surface area contributed by atoms with Crippen molar-refractivity contribution in [2.45, 2.75) is 44.7 Å². The molecule has 33 heavy (non-hydrogen) atoms. The summed E-state index contributed by atoms with van der Waals surface area (Å²) in [5, 5.41) is 4.06. The average Bonchev–Trinajstić information content (AvgIpc) is 3.11. The zero-order chi connectivity index (χ0) is 24.0. The highest BCUT2D eigenvalue weighted by molar-refractivity contribution is 9.10. The van der Waals surface area contributed by atoms with Crippen LogP contribution in [0.5, 0.6) is 5.88 Å². The Balaban J connectivity index is 1.89. The molecule has 1 saturated heterocycles. The van der Waals surface area contributed by atoms with E-state index < -0.39 is 23.6 Å². The molecule has 2 aromatic rings. The lowest BCUT2D eigenvalue weighted by molar-refractivity contribution is -0.139. The van der Waals surface area contributed by atoms with Crippen LogP contribution >= 0.6 is 15.9 Å². The van der Waals surface area contributed by atoms with E-state index in [1.165, 1.54) is 25.2 Å². The lowest BCUT2D eigenvalue weighted by Gasteiger charge is -2.22. The van der Waals surface area contributed by atoms with E-state index in [2.05, 4.69) is 21.0 Å². The lowest BCUT2D eigenvalue weighted by atomic mass is 10.0. The maximum Gasteiger partial charge on any atom is 0.424 e. The van der Waals surface area contributed by atoms with Crippen LogP contribution < -0.4 is 4.74 Å². The van der Waals surface area contributed by atoms with Gasteiger partial charge in [-0.15, -0.1) is 5.10 Å². The summed E-state index contributed by atoms with van der Waals surface area (Å²) in [6.07, 6.45) is -1.06. The number of rotatable bonds is 8. The number of carbonyl (C=O) groups excluding carboxylic acids is 1. The van der Waals surface area contributed by atoms with E-state index in [-0.39, 0.29) is 29.4 Å². The zero-order valence-electron chi connectivity index (χ0n) is 18.2. The molecule has 0 saturated carbocycles. The molecule has 0 N–H and O–H groups in total. The third-order valence-electron chi connectivity index (χ3n) is 5.11. The molecule has 1 aliphatic rings. The molecule has 7 nitrogen and oxygen atoms in total. The molecule has 1 fully saturated rings. The maximum atomic E-state index is 13.8. The maximum absolute atomic E-state index is 13.8. The highest BCUT2D eigenvalue weighted by Gasteiger charge is 2.41. The molecule has 2 heterocycles. The number of alkyl halides is 3.